The zero-order chi connectivity index (χ0) is 33.7. The summed E-state index contributed by atoms with van der Waals surface area (Å²) in [6.45, 7) is 4.69. The summed E-state index contributed by atoms with van der Waals surface area (Å²) in [6, 6.07) is 58.7. The second-order valence-corrected chi connectivity index (χ2v) is 13.5. The van der Waals surface area contributed by atoms with E-state index in [1.807, 2.05) is 18.5 Å². The van der Waals surface area contributed by atoms with Crippen molar-refractivity contribution in [3.8, 4) is 44.6 Å². The summed E-state index contributed by atoms with van der Waals surface area (Å²) in [5.74, 6) is 0. The number of fused-ring (bicyclic) bond motifs is 4. The first-order chi connectivity index (χ1) is 24.6. The van der Waals surface area contributed by atoms with Crippen molar-refractivity contribution < 1.29 is 0 Å². The number of para-hydroxylation sites is 1. The van der Waals surface area contributed by atoms with Gasteiger partial charge < -0.3 is 4.90 Å². The molecule has 0 fully saturated rings. The molecule has 0 amide bonds. The number of nitrogens with zero attached hydrogens (tertiary/aromatic N) is 3. The van der Waals surface area contributed by atoms with Gasteiger partial charge in [-0.25, -0.2) is 4.98 Å². The van der Waals surface area contributed by atoms with Crippen LogP contribution >= 0.6 is 0 Å². The van der Waals surface area contributed by atoms with Gasteiger partial charge in [-0.15, -0.1) is 0 Å². The van der Waals surface area contributed by atoms with Crippen LogP contribution in [0.3, 0.4) is 0 Å². The van der Waals surface area contributed by atoms with Gasteiger partial charge in [-0.2, -0.15) is 0 Å². The molecule has 2 aromatic heterocycles. The normalized spacial score (nSPS) is 12.8. The van der Waals surface area contributed by atoms with Crippen molar-refractivity contribution in [2.75, 3.05) is 4.90 Å². The highest BCUT2D eigenvalue weighted by atomic mass is 15.1. The Hall–Kier alpha value is -6.32. The molecule has 0 saturated heterocycles. The maximum Gasteiger partial charge on any atom is 0.0746 e. The lowest BCUT2D eigenvalue weighted by Gasteiger charge is -2.31. The molecular weight excluding hydrogens is 607 g/mol. The third-order valence-corrected chi connectivity index (χ3v) is 10.2. The summed E-state index contributed by atoms with van der Waals surface area (Å²) in [7, 11) is 0. The fraction of sp³-hybridized carbons (Fsp3) is 0.0638. The van der Waals surface area contributed by atoms with E-state index in [1.54, 1.807) is 0 Å². The smallest absolute Gasteiger partial charge is 0.0746 e. The summed E-state index contributed by atoms with van der Waals surface area (Å²) in [5, 5.41) is 1.04. The second-order valence-electron chi connectivity index (χ2n) is 13.5. The lowest BCUT2D eigenvalue weighted by Crippen LogP contribution is -2.16. The number of benzene rings is 6. The number of hydrogen-bond donors (Lipinski definition) is 0. The Morgan fingerprint density at radius 3 is 1.92 bits per heavy atom. The zero-order valence-corrected chi connectivity index (χ0v) is 28.1. The summed E-state index contributed by atoms with van der Waals surface area (Å²) in [5.41, 5.74) is 16.0. The van der Waals surface area contributed by atoms with E-state index < -0.39 is 0 Å². The lowest BCUT2D eigenvalue weighted by atomic mass is 9.82. The maximum atomic E-state index is 5.19. The molecule has 3 heteroatoms. The molecule has 0 bridgehead atoms. The Morgan fingerprint density at radius 2 is 1.12 bits per heavy atom. The van der Waals surface area contributed by atoms with Gasteiger partial charge in [0, 0.05) is 45.6 Å². The lowest BCUT2D eigenvalue weighted by molar-refractivity contribution is 0.660. The minimum atomic E-state index is -0.119. The van der Waals surface area contributed by atoms with Gasteiger partial charge in [0.2, 0.25) is 0 Å². The summed E-state index contributed by atoms with van der Waals surface area (Å²) in [4.78, 5) is 12.1. The summed E-state index contributed by atoms with van der Waals surface area (Å²) < 4.78 is 0. The molecule has 0 saturated carbocycles. The number of anilines is 3. The quantitative estimate of drug-likeness (QED) is 0.181. The largest absolute Gasteiger partial charge is 0.309 e. The second kappa shape index (κ2) is 12.0. The summed E-state index contributed by atoms with van der Waals surface area (Å²) >= 11 is 0. The topological polar surface area (TPSA) is 29.0 Å². The Bertz CT molecular complexity index is 2520. The van der Waals surface area contributed by atoms with Gasteiger partial charge in [0.15, 0.2) is 0 Å². The highest BCUT2D eigenvalue weighted by Crippen LogP contribution is 2.55. The van der Waals surface area contributed by atoms with E-state index in [0.29, 0.717) is 0 Å². The number of hydrogen-bond acceptors (Lipinski definition) is 3. The predicted molar refractivity (Wildman–Crippen MR) is 208 cm³/mol. The average Bonchev–Trinajstić information content (AvgIpc) is 3.42. The molecule has 0 N–H and O–H groups in total. The highest BCUT2D eigenvalue weighted by Gasteiger charge is 2.38. The fourth-order valence-corrected chi connectivity index (χ4v) is 7.74. The third kappa shape index (κ3) is 4.90. The van der Waals surface area contributed by atoms with Gasteiger partial charge in [0.1, 0.15) is 0 Å². The molecule has 0 atom stereocenters. The van der Waals surface area contributed by atoms with Gasteiger partial charge in [0.25, 0.3) is 0 Å². The minimum absolute atomic E-state index is 0.119. The van der Waals surface area contributed by atoms with Crippen LogP contribution in [0.25, 0.3) is 55.5 Å². The van der Waals surface area contributed by atoms with E-state index in [2.05, 4.69) is 181 Å². The van der Waals surface area contributed by atoms with Crippen molar-refractivity contribution in [3.05, 3.63) is 187 Å². The van der Waals surface area contributed by atoms with Crippen LogP contribution in [0.5, 0.6) is 0 Å². The summed E-state index contributed by atoms with van der Waals surface area (Å²) in [6.07, 6.45) is 3.74. The number of pyridine rings is 2. The van der Waals surface area contributed by atoms with Crippen LogP contribution in [0.15, 0.2) is 176 Å². The molecule has 3 nitrogen and oxygen atoms in total. The molecule has 1 aliphatic rings. The molecule has 2 heterocycles. The molecule has 0 spiro atoms. The Morgan fingerprint density at radius 1 is 0.500 bits per heavy atom. The van der Waals surface area contributed by atoms with Crippen molar-refractivity contribution in [2.24, 2.45) is 0 Å². The van der Waals surface area contributed by atoms with E-state index in [9.17, 15) is 0 Å². The van der Waals surface area contributed by atoms with Gasteiger partial charge in [0.05, 0.1) is 22.6 Å². The molecule has 9 rings (SSSR count). The Kier molecular flexibility index (Phi) is 7.14. The molecule has 238 valence electrons. The van der Waals surface area contributed by atoms with Crippen LogP contribution in [0.2, 0.25) is 0 Å². The molecule has 0 radical (unpaired) electrons. The first-order valence-electron chi connectivity index (χ1n) is 17.2. The zero-order valence-electron chi connectivity index (χ0n) is 28.1. The average molecular weight is 642 g/mol. The fourth-order valence-electron chi connectivity index (χ4n) is 7.74. The number of rotatable bonds is 6. The highest BCUT2D eigenvalue weighted by molar-refractivity contribution is 5.99. The first-order valence-corrected chi connectivity index (χ1v) is 17.2. The van der Waals surface area contributed by atoms with Crippen molar-refractivity contribution in [3.63, 3.8) is 0 Å². The van der Waals surface area contributed by atoms with Crippen LogP contribution in [-0.2, 0) is 5.41 Å². The standard InChI is InChI=1S/C47H35N3/c1-47(2)40-23-11-9-22-37(40)46-41(47)24-14-26-45(46)50(44-25-12-10-21-36(44)32-15-5-3-6-16-32)35-20-13-19-34(29-35)43-30-38(33-17-7-4-8-18-33)39-31-48-28-27-42(39)49-43/h3-31H,1-2H3. The molecule has 6 aromatic carbocycles. The molecule has 8 aromatic rings. The first kappa shape index (κ1) is 29.8. The van der Waals surface area contributed by atoms with E-state index in [1.165, 1.54) is 33.4 Å². The van der Waals surface area contributed by atoms with Gasteiger partial charge in [-0.1, -0.05) is 141 Å². The van der Waals surface area contributed by atoms with E-state index in [4.69, 9.17) is 4.98 Å². The molecule has 0 aliphatic heterocycles. The van der Waals surface area contributed by atoms with Gasteiger partial charge in [-0.05, 0) is 69.8 Å². The van der Waals surface area contributed by atoms with E-state index >= 15 is 0 Å². The van der Waals surface area contributed by atoms with Crippen LogP contribution in [-0.4, -0.2) is 9.97 Å². The van der Waals surface area contributed by atoms with E-state index in [-0.39, 0.29) is 5.41 Å². The maximum absolute atomic E-state index is 5.19. The number of aromatic nitrogens is 2. The van der Waals surface area contributed by atoms with Crippen molar-refractivity contribution in [1.82, 2.24) is 9.97 Å². The minimum Gasteiger partial charge on any atom is -0.309 e. The predicted octanol–water partition coefficient (Wildman–Crippen LogP) is 12.4. The van der Waals surface area contributed by atoms with Crippen LogP contribution < -0.4 is 4.90 Å². The van der Waals surface area contributed by atoms with E-state index in [0.717, 1.165) is 50.3 Å². The van der Waals surface area contributed by atoms with Crippen molar-refractivity contribution >= 4 is 28.0 Å². The third-order valence-electron chi connectivity index (χ3n) is 10.2. The Balaban J connectivity index is 1.29. The van der Waals surface area contributed by atoms with Crippen LogP contribution in [0, 0.1) is 0 Å². The van der Waals surface area contributed by atoms with Crippen LogP contribution in [0.1, 0.15) is 25.0 Å². The van der Waals surface area contributed by atoms with Crippen molar-refractivity contribution in [2.45, 2.75) is 19.3 Å². The van der Waals surface area contributed by atoms with Gasteiger partial charge in [-0.3, -0.25) is 4.98 Å². The SMILES string of the molecule is CC1(C)c2ccccc2-c2c(N(c3cccc(-c4cc(-c5ccccc5)c5cnccc5n4)c3)c3ccccc3-c3ccccc3)cccc21. The monoisotopic (exact) mass is 641 g/mol. The van der Waals surface area contributed by atoms with Crippen LogP contribution in [0.4, 0.5) is 17.1 Å². The van der Waals surface area contributed by atoms with Crippen molar-refractivity contribution in [1.29, 1.82) is 0 Å². The molecular formula is C47H35N3. The van der Waals surface area contributed by atoms with Gasteiger partial charge >= 0.3 is 0 Å². The molecule has 1 aliphatic carbocycles. The molecule has 50 heavy (non-hydrogen) atoms. The Labute approximate surface area is 293 Å². The molecule has 0 unspecified atom stereocenters.